The molecular formula is C22H19ClN4O5S2. The summed E-state index contributed by atoms with van der Waals surface area (Å²) in [6.45, 7) is 0. The number of hydrogen-bond acceptors (Lipinski definition) is 8. The van der Waals surface area contributed by atoms with Crippen LogP contribution in [0.4, 0.5) is 10.8 Å². The van der Waals surface area contributed by atoms with Crippen LogP contribution < -0.4 is 25.0 Å². The van der Waals surface area contributed by atoms with Crippen molar-refractivity contribution in [2.45, 2.75) is 4.90 Å². The highest BCUT2D eigenvalue weighted by Gasteiger charge is 2.19. The number of hydrogen-bond donors (Lipinski definition) is 3. The van der Waals surface area contributed by atoms with Gasteiger partial charge in [0.25, 0.3) is 15.9 Å². The maximum atomic E-state index is 12.9. The minimum atomic E-state index is -3.94. The summed E-state index contributed by atoms with van der Waals surface area (Å²) in [7, 11) is -0.917. The molecule has 0 fully saturated rings. The minimum absolute atomic E-state index is 0.0296. The third kappa shape index (κ3) is 4.86. The first-order valence-corrected chi connectivity index (χ1v) is 12.5. The lowest BCUT2D eigenvalue weighted by Gasteiger charge is -2.13. The van der Waals surface area contributed by atoms with Crippen LogP contribution in [0.25, 0.3) is 10.2 Å². The standard InChI is InChI=1S/C22H19ClN4O5S2/c1-31-13-7-9-14(10-8-13)34(29,30)27-17-6-4-3-5-15(17)21(28)25-26-22-24-19-18(32-2)12-11-16(23)20(19)33-22/h3-12,27H,1-2H3,(H,24,26)(H,25,28). The number of halogens is 1. The molecule has 4 aromatic rings. The van der Waals surface area contributed by atoms with Gasteiger partial charge >= 0.3 is 0 Å². The van der Waals surface area contributed by atoms with Gasteiger partial charge in [-0.3, -0.25) is 20.4 Å². The number of aromatic nitrogens is 1. The predicted octanol–water partition coefficient (Wildman–Crippen LogP) is 4.52. The molecule has 9 nitrogen and oxygen atoms in total. The first kappa shape index (κ1) is 23.6. The van der Waals surface area contributed by atoms with Crippen LogP contribution in [0.5, 0.6) is 11.5 Å². The fraction of sp³-hybridized carbons (Fsp3) is 0.0909. The normalized spacial score (nSPS) is 11.1. The predicted molar refractivity (Wildman–Crippen MR) is 133 cm³/mol. The molecule has 0 aliphatic heterocycles. The van der Waals surface area contributed by atoms with E-state index in [1.165, 1.54) is 62.0 Å². The van der Waals surface area contributed by atoms with E-state index >= 15 is 0 Å². The van der Waals surface area contributed by atoms with Crippen molar-refractivity contribution in [3.05, 3.63) is 71.2 Å². The molecule has 0 spiro atoms. The van der Waals surface area contributed by atoms with Crippen molar-refractivity contribution < 1.29 is 22.7 Å². The number of carbonyl (C=O) groups excluding carboxylic acids is 1. The monoisotopic (exact) mass is 518 g/mol. The van der Waals surface area contributed by atoms with Gasteiger partial charge in [-0.2, -0.15) is 0 Å². The van der Waals surface area contributed by atoms with E-state index in [0.717, 1.165) is 0 Å². The number of benzene rings is 3. The van der Waals surface area contributed by atoms with Gasteiger partial charge in [0.2, 0.25) is 5.13 Å². The third-order valence-corrected chi connectivity index (χ3v) is 7.56. The molecule has 0 unspecified atom stereocenters. The second-order valence-electron chi connectivity index (χ2n) is 6.85. The fourth-order valence-corrected chi connectivity index (χ4v) is 5.27. The highest BCUT2D eigenvalue weighted by Crippen LogP contribution is 2.37. The second kappa shape index (κ2) is 9.75. The number of carbonyl (C=O) groups is 1. The van der Waals surface area contributed by atoms with Crippen molar-refractivity contribution in [1.29, 1.82) is 0 Å². The Bertz CT molecular complexity index is 1460. The first-order valence-electron chi connectivity index (χ1n) is 9.77. The number of hydrazine groups is 1. The summed E-state index contributed by atoms with van der Waals surface area (Å²) in [5.74, 6) is 0.511. The fourth-order valence-electron chi connectivity index (χ4n) is 3.08. The smallest absolute Gasteiger partial charge is 0.271 e. The van der Waals surface area contributed by atoms with E-state index in [9.17, 15) is 13.2 Å². The topological polar surface area (TPSA) is 119 Å². The minimum Gasteiger partial charge on any atom is -0.497 e. The molecule has 0 aliphatic carbocycles. The average molecular weight is 519 g/mol. The Kier molecular flexibility index (Phi) is 6.77. The van der Waals surface area contributed by atoms with Crippen LogP contribution in [-0.2, 0) is 10.0 Å². The number of ether oxygens (including phenoxy) is 2. The van der Waals surface area contributed by atoms with Crippen LogP contribution in [0.2, 0.25) is 5.02 Å². The Hall–Kier alpha value is -3.54. The van der Waals surface area contributed by atoms with Gasteiger partial charge in [0.1, 0.15) is 17.0 Å². The van der Waals surface area contributed by atoms with Gasteiger partial charge in [-0.05, 0) is 48.5 Å². The van der Waals surface area contributed by atoms with Crippen LogP contribution in [0, 0.1) is 0 Å². The van der Waals surface area contributed by atoms with Gasteiger partial charge < -0.3 is 9.47 Å². The van der Waals surface area contributed by atoms with E-state index in [1.807, 2.05) is 0 Å². The molecule has 3 N–H and O–H groups in total. The maximum Gasteiger partial charge on any atom is 0.271 e. The number of amides is 1. The lowest BCUT2D eigenvalue weighted by Crippen LogP contribution is -2.30. The van der Waals surface area contributed by atoms with Crippen molar-refractivity contribution in [2.75, 3.05) is 24.4 Å². The van der Waals surface area contributed by atoms with Crippen LogP contribution in [-0.4, -0.2) is 33.5 Å². The molecule has 0 atom stereocenters. The number of thiazole rings is 1. The Labute approximate surface area is 204 Å². The molecule has 1 amide bonds. The van der Waals surface area contributed by atoms with E-state index in [1.54, 1.807) is 24.3 Å². The Morgan fingerprint density at radius 1 is 1.00 bits per heavy atom. The highest BCUT2D eigenvalue weighted by atomic mass is 35.5. The molecule has 0 saturated carbocycles. The number of nitrogens with zero attached hydrogens (tertiary/aromatic N) is 1. The van der Waals surface area contributed by atoms with Crippen molar-refractivity contribution in [1.82, 2.24) is 10.4 Å². The molecule has 34 heavy (non-hydrogen) atoms. The summed E-state index contributed by atoms with van der Waals surface area (Å²) in [6.07, 6.45) is 0. The molecule has 3 aromatic carbocycles. The zero-order chi connectivity index (χ0) is 24.3. The van der Waals surface area contributed by atoms with E-state index in [2.05, 4.69) is 20.6 Å². The van der Waals surface area contributed by atoms with Gasteiger partial charge in [-0.15, -0.1) is 0 Å². The molecule has 1 heterocycles. The molecule has 12 heteroatoms. The molecule has 0 saturated heterocycles. The van der Waals surface area contributed by atoms with E-state index < -0.39 is 15.9 Å². The van der Waals surface area contributed by atoms with Gasteiger partial charge in [0.05, 0.1) is 40.1 Å². The average Bonchev–Trinajstić information content (AvgIpc) is 3.28. The van der Waals surface area contributed by atoms with Crippen LogP contribution >= 0.6 is 22.9 Å². The zero-order valence-electron chi connectivity index (χ0n) is 18.0. The summed E-state index contributed by atoms with van der Waals surface area (Å²) in [6, 6.07) is 15.6. The number of rotatable bonds is 8. The molecule has 176 valence electrons. The highest BCUT2D eigenvalue weighted by molar-refractivity contribution is 7.92. The largest absolute Gasteiger partial charge is 0.497 e. The first-order chi connectivity index (χ1) is 16.3. The summed E-state index contributed by atoms with van der Waals surface area (Å²) < 4.78 is 39.1. The number of methoxy groups -OCH3 is 2. The summed E-state index contributed by atoms with van der Waals surface area (Å²) in [5.41, 5.74) is 6.08. The van der Waals surface area contributed by atoms with Crippen LogP contribution in [0.1, 0.15) is 10.4 Å². The summed E-state index contributed by atoms with van der Waals surface area (Å²) >= 11 is 7.47. The lowest BCUT2D eigenvalue weighted by atomic mass is 10.2. The van der Waals surface area contributed by atoms with Crippen LogP contribution in [0.3, 0.4) is 0 Å². The van der Waals surface area contributed by atoms with Gasteiger partial charge in [-0.1, -0.05) is 35.1 Å². The Balaban J connectivity index is 1.53. The molecule has 1 aromatic heterocycles. The van der Waals surface area contributed by atoms with Crippen molar-refractivity contribution in [3.63, 3.8) is 0 Å². The van der Waals surface area contributed by atoms with Gasteiger partial charge in [-0.25, -0.2) is 13.4 Å². The number of fused-ring (bicyclic) bond motifs is 1. The third-order valence-electron chi connectivity index (χ3n) is 4.75. The van der Waals surface area contributed by atoms with E-state index in [-0.39, 0.29) is 16.1 Å². The molecule has 4 rings (SSSR count). The zero-order valence-corrected chi connectivity index (χ0v) is 20.3. The number of sulfonamides is 1. The summed E-state index contributed by atoms with van der Waals surface area (Å²) in [5, 5.41) is 0.886. The molecule has 0 aliphatic rings. The van der Waals surface area contributed by atoms with Crippen LogP contribution in [0.15, 0.2) is 65.6 Å². The number of nitrogens with one attached hydrogen (secondary N) is 3. The van der Waals surface area contributed by atoms with Crippen molar-refractivity contribution >= 4 is 59.9 Å². The second-order valence-corrected chi connectivity index (χ2v) is 9.94. The quantitative estimate of drug-likeness (QED) is 0.293. The van der Waals surface area contributed by atoms with Gasteiger partial charge in [0, 0.05) is 0 Å². The van der Waals surface area contributed by atoms with Gasteiger partial charge in [0.15, 0.2) is 0 Å². The Morgan fingerprint density at radius 2 is 1.74 bits per heavy atom. The lowest BCUT2D eigenvalue weighted by molar-refractivity contribution is 0.0963. The number of para-hydroxylation sites is 1. The number of anilines is 2. The molecular weight excluding hydrogens is 500 g/mol. The maximum absolute atomic E-state index is 12.9. The SMILES string of the molecule is COc1ccc(S(=O)(=O)Nc2ccccc2C(=O)NNc2nc3c(OC)ccc(Cl)c3s2)cc1. The van der Waals surface area contributed by atoms with Crippen molar-refractivity contribution in [3.8, 4) is 11.5 Å². The molecule has 0 radical (unpaired) electrons. The summed E-state index contributed by atoms with van der Waals surface area (Å²) in [4.78, 5) is 17.3. The van der Waals surface area contributed by atoms with E-state index in [0.29, 0.717) is 31.9 Å². The Morgan fingerprint density at radius 3 is 2.44 bits per heavy atom. The van der Waals surface area contributed by atoms with E-state index in [4.69, 9.17) is 21.1 Å². The molecule has 0 bridgehead atoms. The van der Waals surface area contributed by atoms with Crippen molar-refractivity contribution in [2.24, 2.45) is 0 Å².